The maximum Gasteiger partial charge on any atom is 0.181 e. The zero-order valence-corrected chi connectivity index (χ0v) is 12.4. The van der Waals surface area contributed by atoms with Crippen molar-refractivity contribution in [3.05, 3.63) is 36.2 Å². The molecule has 0 spiro atoms. The fourth-order valence-electron chi connectivity index (χ4n) is 2.58. The zero-order valence-electron chi connectivity index (χ0n) is 12.4. The fourth-order valence-corrected chi connectivity index (χ4v) is 2.58. The molecule has 3 aromatic heterocycles. The number of nitrogens with zero attached hydrogens (tertiary/aromatic N) is 6. The van der Waals surface area contributed by atoms with Gasteiger partial charge >= 0.3 is 0 Å². The van der Waals surface area contributed by atoms with E-state index in [4.69, 9.17) is 5.11 Å². The van der Waals surface area contributed by atoms with Crippen LogP contribution in [0.15, 0.2) is 24.8 Å². The van der Waals surface area contributed by atoms with Crippen molar-refractivity contribution in [2.24, 2.45) is 7.05 Å². The highest BCUT2D eigenvalue weighted by molar-refractivity contribution is 5.53. The van der Waals surface area contributed by atoms with E-state index in [0.717, 1.165) is 28.7 Å². The molecule has 0 aliphatic carbocycles. The number of rotatable bonds is 4. The summed E-state index contributed by atoms with van der Waals surface area (Å²) in [7, 11) is 1.94. The Labute approximate surface area is 122 Å². The van der Waals surface area contributed by atoms with E-state index < -0.39 is 0 Å². The summed E-state index contributed by atoms with van der Waals surface area (Å²) < 4.78 is 5.74. The molecule has 21 heavy (non-hydrogen) atoms. The first-order valence-corrected chi connectivity index (χ1v) is 6.79. The van der Waals surface area contributed by atoms with Crippen LogP contribution in [0.5, 0.6) is 0 Å². The summed E-state index contributed by atoms with van der Waals surface area (Å²) in [5.74, 6) is 1.57. The van der Waals surface area contributed by atoms with Crippen molar-refractivity contribution in [3.8, 4) is 17.3 Å². The fraction of sp³-hybridized carbons (Fsp3) is 0.357. The number of aliphatic hydroxyl groups is 1. The summed E-state index contributed by atoms with van der Waals surface area (Å²) in [4.78, 5) is 8.79. The lowest BCUT2D eigenvalue weighted by atomic mass is 10.3. The van der Waals surface area contributed by atoms with E-state index in [1.807, 2.05) is 47.1 Å². The minimum atomic E-state index is 0.0670. The Balaban J connectivity index is 2.15. The molecule has 3 rings (SSSR count). The number of aryl methyl sites for hydroxylation is 2. The van der Waals surface area contributed by atoms with Gasteiger partial charge in [-0.2, -0.15) is 5.10 Å². The molecule has 0 amide bonds. The third-order valence-corrected chi connectivity index (χ3v) is 3.56. The maximum atomic E-state index is 9.12. The molecule has 7 heteroatoms. The number of imidazole rings is 2. The van der Waals surface area contributed by atoms with Gasteiger partial charge in [0.15, 0.2) is 11.6 Å². The Kier molecular flexibility index (Phi) is 3.34. The van der Waals surface area contributed by atoms with Gasteiger partial charge in [-0.1, -0.05) is 0 Å². The van der Waals surface area contributed by atoms with Gasteiger partial charge in [0.2, 0.25) is 0 Å². The topological polar surface area (TPSA) is 73.7 Å². The average Bonchev–Trinajstić information content (AvgIpc) is 3.12. The van der Waals surface area contributed by atoms with Crippen molar-refractivity contribution in [1.29, 1.82) is 0 Å². The Hall–Kier alpha value is -2.41. The summed E-state index contributed by atoms with van der Waals surface area (Å²) in [5, 5.41) is 13.6. The quantitative estimate of drug-likeness (QED) is 0.779. The van der Waals surface area contributed by atoms with E-state index in [2.05, 4.69) is 15.1 Å². The number of aliphatic hydroxyl groups excluding tert-OH is 1. The van der Waals surface area contributed by atoms with Crippen LogP contribution >= 0.6 is 0 Å². The lowest BCUT2D eigenvalue weighted by Crippen LogP contribution is -2.07. The maximum absolute atomic E-state index is 9.12. The molecule has 0 radical (unpaired) electrons. The van der Waals surface area contributed by atoms with Gasteiger partial charge in [-0.05, 0) is 13.8 Å². The molecule has 0 unspecified atom stereocenters. The Bertz CT molecular complexity index is 766. The SMILES string of the molecule is Cc1nn(CCO)c(C)c1-n1ccnc1-c1nccn1C. The largest absolute Gasteiger partial charge is 0.394 e. The van der Waals surface area contributed by atoms with Gasteiger partial charge in [0.1, 0.15) is 0 Å². The predicted octanol–water partition coefficient (Wildman–Crippen LogP) is 1.08. The minimum Gasteiger partial charge on any atom is -0.394 e. The monoisotopic (exact) mass is 286 g/mol. The standard InChI is InChI=1S/C14H18N6O/c1-10-12(11(2)20(17-10)8-9-21)19-7-5-16-14(19)13-15-4-6-18(13)3/h4-7,21H,8-9H2,1-3H3. The first kappa shape index (κ1) is 13.6. The first-order chi connectivity index (χ1) is 10.1. The van der Waals surface area contributed by atoms with Crippen molar-refractivity contribution in [3.63, 3.8) is 0 Å². The second-order valence-corrected chi connectivity index (χ2v) is 4.95. The summed E-state index contributed by atoms with van der Waals surface area (Å²) >= 11 is 0. The molecule has 0 saturated heterocycles. The van der Waals surface area contributed by atoms with Gasteiger partial charge in [0, 0.05) is 31.8 Å². The normalized spacial score (nSPS) is 11.2. The molecule has 0 bridgehead atoms. The highest BCUT2D eigenvalue weighted by Gasteiger charge is 2.18. The van der Waals surface area contributed by atoms with Crippen molar-refractivity contribution in [2.75, 3.05) is 6.61 Å². The van der Waals surface area contributed by atoms with Gasteiger partial charge in [0.05, 0.1) is 30.2 Å². The molecule has 0 atom stereocenters. The molecular weight excluding hydrogens is 268 g/mol. The van der Waals surface area contributed by atoms with Crippen molar-refractivity contribution < 1.29 is 5.11 Å². The van der Waals surface area contributed by atoms with Crippen LogP contribution in [-0.4, -0.2) is 40.6 Å². The van der Waals surface area contributed by atoms with E-state index in [1.54, 1.807) is 12.4 Å². The smallest absolute Gasteiger partial charge is 0.181 e. The first-order valence-electron chi connectivity index (χ1n) is 6.79. The summed E-state index contributed by atoms with van der Waals surface area (Å²) in [6, 6.07) is 0. The predicted molar refractivity (Wildman–Crippen MR) is 78.1 cm³/mol. The molecule has 0 aliphatic rings. The number of hydrogen-bond acceptors (Lipinski definition) is 4. The molecule has 3 aromatic rings. The molecule has 0 fully saturated rings. The van der Waals surface area contributed by atoms with Crippen molar-refractivity contribution in [1.82, 2.24) is 28.9 Å². The van der Waals surface area contributed by atoms with Gasteiger partial charge in [-0.25, -0.2) is 9.97 Å². The van der Waals surface area contributed by atoms with Crippen LogP contribution in [0.3, 0.4) is 0 Å². The molecule has 3 heterocycles. The van der Waals surface area contributed by atoms with Gasteiger partial charge < -0.3 is 9.67 Å². The van der Waals surface area contributed by atoms with Crippen molar-refractivity contribution in [2.45, 2.75) is 20.4 Å². The molecule has 110 valence electrons. The number of hydrogen-bond donors (Lipinski definition) is 1. The van der Waals surface area contributed by atoms with Crippen LogP contribution in [0.4, 0.5) is 0 Å². The molecule has 0 saturated carbocycles. The molecule has 7 nitrogen and oxygen atoms in total. The van der Waals surface area contributed by atoms with Crippen LogP contribution < -0.4 is 0 Å². The second kappa shape index (κ2) is 5.17. The molecular formula is C14H18N6O. The third-order valence-electron chi connectivity index (χ3n) is 3.56. The lowest BCUT2D eigenvalue weighted by molar-refractivity contribution is 0.268. The number of aromatic nitrogens is 6. The van der Waals surface area contributed by atoms with Crippen LogP contribution in [0, 0.1) is 13.8 Å². The third kappa shape index (κ3) is 2.15. The van der Waals surface area contributed by atoms with E-state index in [0.29, 0.717) is 6.54 Å². The van der Waals surface area contributed by atoms with E-state index in [-0.39, 0.29) is 6.61 Å². The Morgan fingerprint density at radius 2 is 1.81 bits per heavy atom. The van der Waals surface area contributed by atoms with Crippen molar-refractivity contribution >= 4 is 0 Å². The van der Waals surface area contributed by atoms with E-state index in [9.17, 15) is 0 Å². The second-order valence-electron chi connectivity index (χ2n) is 4.95. The van der Waals surface area contributed by atoms with E-state index in [1.165, 1.54) is 0 Å². The Morgan fingerprint density at radius 1 is 1.10 bits per heavy atom. The highest BCUT2D eigenvalue weighted by atomic mass is 16.3. The van der Waals surface area contributed by atoms with Crippen LogP contribution in [0.2, 0.25) is 0 Å². The van der Waals surface area contributed by atoms with Gasteiger partial charge in [0.25, 0.3) is 0 Å². The lowest BCUT2D eigenvalue weighted by Gasteiger charge is -2.09. The van der Waals surface area contributed by atoms with E-state index >= 15 is 0 Å². The van der Waals surface area contributed by atoms with Gasteiger partial charge in [-0.15, -0.1) is 0 Å². The highest BCUT2D eigenvalue weighted by Crippen LogP contribution is 2.24. The van der Waals surface area contributed by atoms with Crippen LogP contribution in [-0.2, 0) is 13.6 Å². The summed E-state index contributed by atoms with van der Waals surface area (Å²) in [5.41, 5.74) is 2.88. The average molecular weight is 286 g/mol. The van der Waals surface area contributed by atoms with Crippen LogP contribution in [0.1, 0.15) is 11.4 Å². The molecule has 1 N–H and O–H groups in total. The molecule has 0 aliphatic heterocycles. The van der Waals surface area contributed by atoms with Crippen LogP contribution in [0.25, 0.3) is 17.3 Å². The molecule has 0 aromatic carbocycles. The minimum absolute atomic E-state index is 0.0670. The summed E-state index contributed by atoms with van der Waals surface area (Å²) in [6.07, 6.45) is 7.31. The van der Waals surface area contributed by atoms with Gasteiger partial charge in [-0.3, -0.25) is 9.25 Å². The summed E-state index contributed by atoms with van der Waals surface area (Å²) in [6.45, 7) is 4.50. The Morgan fingerprint density at radius 3 is 2.48 bits per heavy atom. The zero-order chi connectivity index (χ0) is 15.0.